The maximum atomic E-state index is 13.4. The van der Waals surface area contributed by atoms with Gasteiger partial charge in [-0.25, -0.2) is 8.42 Å². The van der Waals surface area contributed by atoms with E-state index < -0.39 is 38.4 Å². The summed E-state index contributed by atoms with van der Waals surface area (Å²) < 4.78 is 26.6. The van der Waals surface area contributed by atoms with Crippen LogP contribution in [0, 0.1) is 5.92 Å². The number of carboxylic acids is 1. The number of aromatic nitrogens is 2. The van der Waals surface area contributed by atoms with E-state index in [0.717, 1.165) is 5.56 Å². The molecule has 0 saturated heterocycles. The Morgan fingerprint density at radius 1 is 1.27 bits per heavy atom. The zero-order chi connectivity index (χ0) is 27.1. The van der Waals surface area contributed by atoms with E-state index in [2.05, 4.69) is 10.4 Å². The number of aliphatic carboxylic acids is 1. The molecule has 1 saturated carbocycles. The Morgan fingerprint density at radius 2 is 1.92 bits per heavy atom. The molecular weight excluding hydrogens is 522 g/mol. The number of rotatable bonds is 10. The molecule has 2 aromatic rings. The highest BCUT2D eigenvalue weighted by molar-refractivity contribution is 7.93. The van der Waals surface area contributed by atoms with Gasteiger partial charge >= 0.3 is 5.97 Å². The third-order valence-electron chi connectivity index (χ3n) is 7.18. The van der Waals surface area contributed by atoms with Crippen molar-refractivity contribution in [3.05, 3.63) is 51.8 Å². The van der Waals surface area contributed by atoms with Gasteiger partial charge in [0.1, 0.15) is 11.7 Å². The lowest BCUT2D eigenvalue weighted by Crippen LogP contribution is -2.48. The molecule has 37 heavy (non-hydrogen) atoms. The molecule has 0 spiro atoms. The van der Waals surface area contributed by atoms with Crippen LogP contribution in [0.5, 0.6) is 0 Å². The number of carboxylic acid groups (broad SMARTS) is 1. The summed E-state index contributed by atoms with van der Waals surface area (Å²) in [6.45, 7) is 2.02. The normalized spacial score (nSPS) is 18.2. The van der Waals surface area contributed by atoms with Gasteiger partial charge in [0.25, 0.3) is 11.8 Å². The van der Waals surface area contributed by atoms with E-state index in [1.807, 2.05) is 0 Å². The zero-order valence-electron chi connectivity index (χ0n) is 20.6. The number of nitrogens with two attached hydrogens (primary N) is 1. The van der Waals surface area contributed by atoms with Gasteiger partial charge in [0.2, 0.25) is 0 Å². The molecule has 2 amide bonds. The lowest BCUT2D eigenvalue weighted by Gasteiger charge is -2.31. The number of nitrogens with one attached hydrogen (secondary N) is 1. The minimum Gasteiger partial charge on any atom is -0.480 e. The minimum absolute atomic E-state index is 0.00587. The maximum Gasteiger partial charge on any atom is 0.320 e. The molecule has 13 heteroatoms. The van der Waals surface area contributed by atoms with Crippen molar-refractivity contribution in [2.45, 2.75) is 43.5 Å². The predicted molar refractivity (Wildman–Crippen MR) is 136 cm³/mol. The Kier molecular flexibility index (Phi) is 7.37. The van der Waals surface area contributed by atoms with Crippen LogP contribution in [0.4, 0.5) is 0 Å². The van der Waals surface area contributed by atoms with Gasteiger partial charge in [0.15, 0.2) is 15.5 Å². The first kappa shape index (κ1) is 27.1. The first-order valence-electron chi connectivity index (χ1n) is 11.9. The molecule has 11 nitrogen and oxygen atoms in total. The van der Waals surface area contributed by atoms with Crippen LogP contribution in [0.25, 0.3) is 0 Å². The summed E-state index contributed by atoms with van der Waals surface area (Å²) in [5.41, 5.74) is 7.44. The Morgan fingerprint density at radius 3 is 2.51 bits per heavy atom. The summed E-state index contributed by atoms with van der Waals surface area (Å²) in [7, 11) is -2.14. The molecule has 1 aliphatic heterocycles. The first-order chi connectivity index (χ1) is 17.3. The van der Waals surface area contributed by atoms with Crippen LogP contribution in [-0.4, -0.2) is 75.6 Å². The highest BCUT2D eigenvalue weighted by Crippen LogP contribution is 2.46. The van der Waals surface area contributed by atoms with Crippen LogP contribution in [0.1, 0.15) is 51.9 Å². The fourth-order valence-electron chi connectivity index (χ4n) is 4.70. The number of fused-ring (bicyclic) bond motifs is 1. The van der Waals surface area contributed by atoms with E-state index in [9.17, 15) is 22.8 Å². The molecule has 1 aromatic heterocycles. The fraction of sp³-hybridized carbons (Fsp3) is 0.500. The van der Waals surface area contributed by atoms with Crippen LogP contribution in [0.15, 0.2) is 24.3 Å². The van der Waals surface area contributed by atoms with Crippen molar-refractivity contribution in [2.24, 2.45) is 18.7 Å². The Labute approximate surface area is 219 Å². The van der Waals surface area contributed by atoms with Crippen molar-refractivity contribution >= 4 is 39.2 Å². The number of carbonyl (C=O) groups excluding carboxylic acids is 2. The second-order valence-electron chi connectivity index (χ2n) is 9.89. The van der Waals surface area contributed by atoms with Gasteiger partial charge in [0.05, 0.1) is 10.5 Å². The average molecular weight is 552 g/mol. The average Bonchev–Trinajstić information content (AvgIpc) is 3.56. The molecule has 2 heterocycles. The highest BCUT2D eigenvalue weighted by atomic mass is 35.5. The zero-order valence-corrected chi connectivity index (χ0v) is 22.2. The summed E-state index contributed by atoms with van der Waals surface area (Å²) in [6, 6.07) is 5.77. The quantitative estimate of drug-likeness (QED) is 0.393. The second-order valence-corrected chi connectivity index (χ2v) is 12.8. The molecule has 1 aliphatic carbocycles. The lowest BCUT2D eigenvalue weighted by atomic mass is 10.0. The van der Waals surface area contributed by atoms with Crippen LogP contribution in [0.3, 0.4) is 0 Å². The standard InChI is InChI=1S/C24H30ClN5O6S/c1-14(18(26)23(33)34)12-37(35,36)24(8-9-24)13-30-10-7-17-19(28-29(2)20(17)22(30)32)21(31)27-11-15-3-5-16(25)6-4-15/h3-6,14,18H,7-13,26H2,1-2H3,(H,27,31)(H,33,34)/t14?,18-/m1/s1. The van der Waals surface area contributed by atoms with Gasteiger partial charge in [-0.2, -0.15) is 5.10 Å². The van der Waals surface area contributed by atoms with Gasteiger partial charge < -0.3 is 21.1 Å². The molecule has 0 radical (unpaired) electrons. The smallest absolute Gasteiger partial charge is 0.320 e. The maximum absolute atomic E-state index is 13.4. The van der Waals surface area contributed by atoms with Gasteiger partial charge in [0, 0.05) is 37.3 Å². The molecule has 2 aliphatic rings. The number of benzene rings is 1. The molecule has 1 unspecified atom stereocenters. The third-order valence-corrected chi connectivity index (χ3v) is 10.2. The Bertz CT molecular complexity index is 1340. The number of hydrogen-bond donors (Lipinski definition) is 3. The van der Waals surface area contributed by atoms with Crippen LogP contribution < -0.4 is 11.1 Å². The molecule has 1 aromatic carbocycles. The van der Waals surface area contributed by atoms with E-state index in [1.54, 1.807) is 31.3 Å². The second kappa shape index (κ2) is 10.1. The highest BCUT2D eigenvalue weighted by Gasteiger charge is 2.56. The number of carbonyl (C=O) groups is 3. The molecule has 2 atom stereocenters. The van der Waals surface area contributed by atoms with Crippen LogP contribution in [0.2, 0.25) is 5.02 Å². The number of halogens is 1. The fourth-order valence-corrected chi connectivity index (χ4v) is 7.15. The van der Waals surface area contributed by atoms with Crippen molar-refractivity contribution in [3.8, 4) is 0 Å². The third kappa shape index (κ3) is 5.36. The van der Waals surface area contributed by atoms with Gasteiger partial charge in [-0.3, -0.25) is 19.1 Å². The van der Waals surface area contributed by atoms with Gasteiger partial charge in [-0.05, 0) is 42.9 Å². The molecule has 200 valence electrons. The molecular formula is C24H30ClN5O6S. The van der Waals surface area contributed by atoms with E-state index in [1.165, 1.54) is 16.5 Å². The Balaban J connectivity index is 1.46. The van der Waals surface area contributed by atoms with Crippen LogP contribution in [-0.2, 0) is 34.6 Å². The monoisotopic (exact) mass is 551 g/mol. The number of hydrogen-bond acceptors (Lipinski definition) is 7. The first-order valence-corrected chi connectivity index (χ1v) is 14.0. The van der Waals surface area contributed by atoms with Crippen molar-refractivity contribution in [2.75, 3.05) is 18.8 Å². The van der Waals surface area contributed by atoms with Crippen molar-refractivity contribution in [3.63, 3.8) is 0 Å². The van der Waals surface area contributed by atoms with Gasteiger partial charge in [-0.15, -0.1) is 0 Å². The number of aryl methyl sites for hydroxylation is 1. The largest absolute Gasteiger partial charge is 0.480 e. The van der Waals surface area contributed by atoms with Crippen molar-refractivity contribution in [1.29, 1.82) is 0 Å². The SMILES string of the molecule is CC(CS(=O)(=O)C1(CN2CCc3c(C(=O)NCc4ccc(Cl)cc4)nn(C)c3C2=O)CC1)[C@@H](N)C(=O)O. The topological polar surface area (TPSA) is 165 Å². The summed E-state index contributed by atoms with van der Waals surface area (Å²) in [4.78, 5) is 38.9. The molecule has 4 rings (SSSR count). The summed E-state index contributed by atoms with van der Waals surface area (Å²) >= 11 is 5.90. The van der Waals surface area contributed by atoms with Crippen molar-refractivity contribution < 1.29 is 27.9 Å². The number of amides is 2. The van der Waals surface area contributed by atoms with Crippen LogP contribution >= 0.6 is 11.6 Å². The number of nitrogens with zero attached hydrogens (tertiary/aromatic N) is 3. The van der Waals surface area contributed by atoms with E-state index in [-0.39, 0.29) is 42.7 Å². The van der Waals surface area contributed by atoms with Gasteiger partial charge in [-0.1, -0.05) is 30.7 Å². The summed E-state index contributed by atoms with van der Waals surface area (Å²) in [6.07, 6.45) is 1.14. The summed E-state index contributed by atoms with van der Waals surface area (Å²) in [5, 5.41) is 16.8. The lowest BCUT2D eigenvalue weighted by molar-refractivity contribution is -0.139. The van der Waals surface area contributed by atoms with Crippen molar-refractivity contribution in [1.82, 2.24) is 20.0 Å². The Hall–Kier alpha value is -2.96. The van der Waals surface area contributed by atoms with E-state index in [0.29, 0.717) is 29.8 Å². The molecule has 4 N–H and O–H groups in total. The molecule has 0 bridgehead atoms. The number of sulfone groups is 1. The van der Waals surface area contributed by atoms with E-state index in [4.69, 9.17) is 22.4 Å². The predicted octanol–water partition coefficient (Wildman–Crippen LogP) is 0.997. The van der Waals surface area contributed by atoms with E-state index >= 15 is 0 Å². The molecule has 1 fully saturated rings. The minimum atomic E-state index is -3.71. The summed E-state index contributed by atoms with van der Waals surface area (Å²) in [5.74, 6) is -3.18.